The lowest BCUT2D eigenvalue weighted by molar-refractivity contribution is -0.384. The highest BCUT2D eigenvalue weighted by Gasteiger charge is 2.37. The lowest BCUT2D eigenvalue weighted by Gasteiger charge is -2.37. The molecule has 7 nitrogen and oxygen atoms in total. The minimum absolute atomic E-state index is 0.00441. The molecular weight excluding hydrogens is 468 g/mol. The van der Waals surface area contributed by atoms with E-state index in [4.69, 9.17) is 9.84 Å². The summed E-state index contributed by atoms with van der Waals surface area (Å²) in [5, 5.41) is 23.5. The number of alkyl halides is 1. The Labute approximate surface area is 211 Å². The van der Waals surface area contributed by atoms with Crippen LogP contribution >= 0.6 is 11.6 Å². The number of nitro groups is 1. The van der Waals surface area contributed by atoms with Crippen LogP contribution in [0.15, 0.2) is 97.1 Å². The Bertz CT molecular complexity index is 1050. The molecule has 0 aliphatic carbocycles. The largest absolute Gasteiger partial charge is 0.392 e. The molecule has 2 rings (SSSR count). The minimum atomic E-state index is -1.23. The first kappa shape index (κ1) is 29.7. The van der Waals surface area contributed by atoms with Gasteiger partial charge in [0.15, 0.2) is 12.0 Å². The summed E-state index contributed by atoms with van der Waals surface area (Å²) in [5.41, 5.74) is 1.37. The Morgan fingerprint density at radius 2 is 1.89 bits per heavy atom. The molecule has 2 N–H and O–H groups in total. The first-order valence-electron chi connectivity index (χ1n) is 10.8. The smallest absolute Gasteiger partial charge is 0.269 e. The van der Waals surface area contributed by atoms with E-state index in [-0.39, 0.29) is 18.9 Å². The number of halogens is 1. The Balaban J connectivity index is 0.00000298. The average molecular weight is 499 g/mol. The predicted molar refractivity (Wildman–Crippen MR) is 140 cm³/mol. The first-order chi connectivity index (χ1) is 17.0. The van der Waals surface area contributed by atoms with Gasteiger partial charge in [0.05, 0.1) is 18.1 Å². The fraction of sp³-hybridized carbons (Fsp3) is 0.222. The standard InChI is InChI=1S/C26H28N2O5.CH3Cl/c1-3-5-11-23(4-2)26(33-18-9-8-17-29,25-12-7-6-10-22(25)20-30)27-19-21-13-15-24(16-14-21)28(31)32;1-2/h3-16,20,27,29H,1,17-19H2,2H3;1H3/b9-8-,11-5-,23-4+;. The van der Waals surface area contributed by atoms with Gasteiger partial charge in [0, 0.05) is 36.2 Å². The molecule has 0 amide bonds. The molecule has 1 atom stereocenters. The second kappa shape index (κ2) is 16.3. The number of carbonyl (C=O) groups excluding carboxylic acids is 1. The van der Waals surface area contributed by atoms with Crippen LogP contribution in [0.4, 0.5) is 5.69 Å². The average Bonchev–Trinajstić information content (AvgIpc) is 2.90. The second-order valence-corrected chi connectivity index (χ2v) is 6.97. The lowest BCUT2D eigenvalue weighted by Crippen LogP contribution is -2.46. The van der Waals surface area contributed by atoms with Crippen molar-refractivity contribution in [2.24, 2.45) is 0 Å². The molecule has 0 spiro atoms. The number of aliphatic hydroxyl groups excluding tert-OH is 1. The highest BCUT2D eigenvalue weighted by Crippen LogP contribution is 2.35. The number of ether oxygens (including phenoxy) is 1. The van der Waals surface area contributed by atoms with Crippen molar-refractivity contribution in [1.29, 1.82) is 0 Å². The van der Waals surface area contributed by atoms with Gasteiger partial charge in [-0.3, -0.25) is 20.2 Å². The van der Waals surface area contributed by atoms with Gasteiger partial charge in [0.25, 0.3) is 5.69 Å². The van der Waals surface area contributed by atoms with Crippen LogP contribution in [0.25, 0.3) is 0 Å². The number of nitro benzene ring substituents is 1. The van der Waals surface area contributed by atoms with Crippen molar-refractivity contribution in [3.8, 4) is 0 Å². The predicted octanol–water partition coefficient (Wildman–Crippen LogP) is 5.46. The highest BCUT2D eigenvalue weighted by molar-refractivity contribution is 6.15. The van der Waals surface area contributed by atoms with Crippen molar-refractivity contribution in [3.63, 3.8) is 0 Å². The number of non-ortho nitro benzene ring substituents is 1. The number of carbonyl (C=O) groups is 1. The third-order valence-electron chi connectivity index (χ3n) is 4.95. The number of aliphatic hydroxyl groups is 1. The van der Waals surface area contributed by atoms with Gasteiger partial charge in [-0.1, -0.05) is 79.4 Å². The zero-order valence-corrected chi connectivity index (χ0v) is 20.6. The Hall–Kier alpha value is -3.36. The van der Waals surface area contributed by atoms with E-state index in [2.05, 4.69) is 23.5 Å². The molecule has 0 fully saturated rings. The van der Waals surface area contributed by atoms with E-state index in [1.807, 2.05) is 31.2 Å². The van der Waals surface area contributed by atoms with Gasteiger partial charge in [-0.05, 0) is 18.1 Å². The normalized spacial score (nSPS) is 13.2. The monoisotopic (exact) mass is 498 g/mol. The first-order valence-corrected chi connectivity index (χ1v) is 11.5. The van der Waals surface area contributed by atoms with Crippen LogP contribution < -0.4 is 5.32 Å². The van der Waals surface area contributed by atoms with Crippen molar-refractivity contribution >= 4 is 23.6 Å². The molecule has 0 aromatic heterocycles. The zero-order valence-electron chi connectivity index (χ0n) is 19.9. The summed E-state index contributed by atoms with van der Waals surface area (Å²) in [6.07, 6.45) is 12.6. The van der Waals surface area contributed by atoms with Crippen LogP contribution in [0, 0.1) is 10.1 Å². The third kappa shape index (κ3) is 8.42. The fourth-order valence-corrected chi connectivity index (χ4v) is 3.35. The van der Waals surface area contributed by atoms with Crippen LogP contribution in [0.2, 0.25) is 0 Å². The van der Waals surface area contributed by atoms with Crippen LogP contribution in [-0.2, 0) is 17.0 Å². The van der Waals surface area contributed by atoms with Crippen LogP contribution in [0.3, 0.4) is 0 Å². The second-order valence-electron chi connectivity index (χ2n) is 6.97. The number of nitrogens with zero attached hydrogens (tertiary/aromatic N) is 1. The fourth-order valence-electron chi connectivity index (χ4n) is 3.35. The topological polar surface area (TPSA) is 102 Å². The van der Waals surface area contributed by atoms with Gasteiger partial charge in [-0.25, -0.2) is 0 Å². The maximum Gasteiger partial charge on any atom is 0.269 e. The summed E-state index contributed by atoms with van der Waals surface area (Å²) < 4.78 is 6.36. The molecule has 0 radical (unpaired) electrons. The van der Waals surface area contributed by atoms with E-state index in [1.165, 1.54) is 18.5 Å². The van der Waals surface area contributed by atoms with Crippen molar-refractivity contribution < 1.29 is 19.6 Å². The van der Waals surface area contributed by atoms with Crippen LogP contribution in [0.1, 0.15) is 28.4 Å². The molecule has 0 aliphatic heterocycles. The Morgan fingerprint density at radius 3 is 2.46 bits per heavy atom. The number of benzene rings is 2. The maximum atomic E-state index is 11.9. The Kier molecular flexibility index (Phi) is 13.8. The molecule has 0 heterocycles. The molecule has 2 aromatic rings. The zero-order chi connectivity index (χ0) is 26.1. The Morgan fingerprint density at radius 1 is 1.20 bits per heavy atom. The highest BCUT2D eigenvalue weighted by atomic mass is 35.5. The number of aldehydes is 1. The van der Waals surface area contributed by atoms with Gasteiger partial charge in [-0.2, -0.15) is 0 Å². The van der Waals surface area contributed by atoms with E-state index >= 15 is 0 Å². The SMILES string of the molecule is C=C/C=C\C(=C/C)C(NCc1ccc([N+](=O)[O-])cc1)(OC/C=C\CO)c1ccccc1C=O.CCl. The third-order valence-corrected chi connectivity index (χ3v) is 4.95. The lowest BCUT2D eigenvalue weighted by atomic mass is 9.89. The van der Waals surface area contributed by atoms with E-state index in [9.17, 15) is 14.9 Å². The molecule has 35 heavy (non-hydrogen) atoms. The molecular formula is C27H31ClN2O5. The van der Waals surface area contributed by atoms with Crippen molar-refractivity contribution in [3.05, 3.63) is 124 Å². The van der Waals surface area contributed by atoms with Crippen molar-refractivity contribution in [2.75, 3.05) is 19.6 Å². The molecule has 0 bridgehead atoms. The molecule has 8 heteroatoms. The number of allylic oxidation sites excluding steroid dienone is 3. The summed E-state index contributed by atoms with van der Waals surface area (Å²) in [5.74, 6) is 0. The summed E-state index contributed by atoms with van der Waals surface area (Å²) >= 11 is 4.64. The molecule has 186 valence electrons. The maximum absolute atomic E-state index is 11.9. The van der Waals surface area contributed by atoms with Gasteiger partial charge in [0.1, 0.15) is 0 Å². The van der Waals surface area contributed by atoms with Crippen molar-refractivity contribution in [1.82, 2.24) is 5.32 Å². The summed E-state index contributed by atoms with van der Waals surface area (Å²) in [6.45, 7) is 5.93. The van der Waals surface area contributed by atoms with E-state index in [0.29, 0.717) is 17.7 Å². The van der Waals surface area contributed by atoms with Gasteiger partial charge in [-0.15, -0.1) is 11.6 Å². The molecule has 0 saturated carbocycles. The number of hydrogen-bond donors (Lipinski definition) is 2. The molecule has 0 aliphatic rings. The summed E-state index contributed by atoms with van der Waals surface area (Å²) in [4.78, 5) is 22.4. The van der Waals surface area contributed by atoms with Gasteiger partial charge in [0.2, 0.25) is 0 Å². The summed E-state index contributed by atoms with van der Waals surface area (Å²) in [6, 6.07) is 13.3. The quantitative estimate of drug-likeness (QED) is 0.0723. The molecule has 1 unspecified atom stereocenters. The number of hydrogen-bond acceptors (Lipinski definition) is 6. The van der Waals surface area contributed by atoms with Gasteiger partial charge >= 0.3 is 0 Å². The summed E-state index contributed by atoms with van der Waals surface area (Å²) in [7, 11) is 0. The van der Waals surface area contributed by atoms with Crippen LogP contribution in [0.5, 0.6) is 0 Å². The molecule has 2 aromatic carbocycles. The number of rotatable bonds is 13. The van der Waals surface area contributed by atoms with Crippen molar-refractivity contribution in [2.45, 2.75) is 19.2 Å². The van der Waals surface area contributed by atoms with E-state index in [1.54, 1.807) is 48.6 Å². The van der Waals surface area contributed by atoms with E-state index in [0.717, 1.165) is 17.4 Å². The van der Waals surface area contributed by atoms with Crippen LogP contribution in [-0.4, -0.2) is 35.9 Å². The molecule has 0 saturated heterocycles. The van der Waals surface area contributed by atoms with Gasteiger partial charge < -0.3 is 9.84 Å². The number of nitrogens with one attached hydrogen (secondary N) is 1. The van der Waals surface area contributed by atoms with E-state index < -0.39 is 10.6 Å². The minimum Gasteiger partial charge on any atom is -0.392 e.